The summed E-state index contributed by atoms with van der Waals surface area (Å²) in [6, 6.07) is 12.0. The summed E-state index contributed by atoms with van der Waals surface area (Å²) < 4.78 is 13.6. The number of anilines is 1. The smallest absolute Gasteiger partial charge is 0.265 e. The van der Waals surface area contributed by atoms with Crippen LogP contribution in [0, 0.1) is 19.7 Å². The standard InChI is InChI=1S/C19H15ClFNOS/c1-11-5-13(7-16(21)6-11)14-8-18(24-10-14)19(23)22-17-9-15(20)4-3-12(17)2/h3-10H,1-2H3,(H,22,23). The molecule has 1 heterocycles. The molecule has 122 valence electrons. The van der Waals surface area contributed by atoms with Crippen molar-refractivity contribution in [3.8, 4) is 11.1 Å². The SMILES string of the molecule is Cc1cc(F)cc(-c2csc(C(=O)Nc3cc(Cl)ccc3C)c2)c1. The maximum Gasteiger partial charge on any atom is 0.265 e. The quantitative estimate of drug-likeness (QED) is 0.603. The molecule has 1 amide bonds. The number of hydrogen-bond donors (Lipinski definition) is 1. The predicted octanol–water partition coefficient (Wildman–Crippen LogP) is 6.08. The van der Waals surface area contributed by atoms with Gasteiger partial charge in [-0.15, -0.1) is 11.3 Å². The zero-order valence-corrected chi connectivity index (χ0v) is 14.8. The van der Waals surface area contributed by atoms with Crippen LogP contribution in [0.15, 0.2) is 47.8 Å². The molecule has 0 aliphatic rings. The number of halogens is 2. The van der Waals surface area contributed by atoms with Crippen LogP contribution < -0.4 is 5.32 Å². The molecule has 5 heteroatoms. The second kappa shape index (κ2) is 6.75. The Kier molecular flexibility index (Phi) is 4.69. The van der Waals surface area contributed by atoms with Crippen molar-refractivity contribution in [2.75, 3.05) is 5.32 Å². The molecule has 0 spiro atoms. The van der Waals surface area contributed by atoms with Crippen molar-refractivity contribution in [3.05, 3.63) is 74.7 Å². The molecule has 0 aliphatic carbocycles. The van der Waals surface area contributed by atoms with Gasteiger partial charge in [0, 0.05) is 10.7 Å². The fraction of sp³-hybridized carbons (Fsp3) is 0.105. The van der Waals surface area contributed by atoms with Gasteiger partial charge in [0.05, 0.1) is 4.88 Å². The minimum atomic E-state index is -0.281. The molecular formula is C19H15ClFNOS. The van der Waals surface area contributed by atoms with Gasteiger partial charge in [-0.2, -0.15) is 0 Å². The van der Waals surface area contributed by atoms with Gasteiger partial charge in [-0.25, -0.2) is 4.39 Å². The zero-order chi connectivity index (χ0) is 17.3. The molecule has 0 saturated heterocycles. The summed E-state index contributed by atoms with van der Waals surface area (Å²) >= 11 is 7.30. The van der Waals surface area contributed by atoms with E-state index in [0.29, 0.717) is 15.6 Å². The first-order valence-electron chi connectivity index (χ1n) is 7.36. The van der Waals surface area contributed by atoms with E-state index in [1.807, 2.05) is 31.4 Å². The average molecular weight is 360 g/mol. The van der Waals surface area contributed by atoms with E-state index >= 15 is 0 Å². The monoisotopic (exact) mass is 359 g/mol. The first-order valence-corrected chi connectivity index (χ1v) is 8.62. The Balaban J connectivity index is 1.84. The molecule has 2 aromatic carbocycles. The number of rotatable bonds is 3. The normalized spacial score (nSPS) is 10.7. The third-order valence-corrected chi connectivity index (χ3v) is 4.81. The highest BCUT2D eigenvalue weighted by Gasteiger charge is 2.12. The number of carbonyl (C=O) groups excluding carboxylic acids is 1. The number of amides is 1. The molecular weight excluding hydrogens is 345 g/mol. The molecule has 0 fully saturated rings. The molecule has 0 bridgehead atoms. The lowest BCUT2D eigenvalue weighted by molar-refractivity contribution is 0.103. The molecule has 0 unspecified atom stereocenters. The minimum absolute atomic E-state index is 0.204. The highest BCUT2D eigenvalue weighted by Crippen LogP contribution is 2.28. The Morgan fingerprint density at radius 2 is 1.88 bits per heavy atom. The maximum absolute atomic E-state index is 13.6. The second-order valence-electron chi connectivity index (χ2n) is 5.63. The Hall–Kier alpha value is -2.17. The highest BCUT2D eigenvalue weighted by atomic mass is 35.5. The number of thiophene rings is 1. The van der Waals surface area contributed by atoms with Crippen LogP contribution in [0.3, 0.4) is 0 Å². The van der Waals surface area contributed by atoms with Gasteiger partial charge in [-0.1, -0.05) is 23.7 Å². The van der Waals surface area contributed by atoms with Crippen LogP contribution >= 0.6 is 22.9 Å². The summed E-state index contributed by atoms with van der Waals surface area (Å²) in [5, 5.41) is 5.29. The summed E-state index contributed by atoms with van der Waals surface area (Å²) in [6.07, 6.45) is 0. The van der Waals surface area contributed by atoms with Gasteiger partial charge >= 0.3 is 0 Å². The van der Waals surface area contributed by atoms with Crippen molar-refractivity contribution in [1.29, 1.82) is 0 Å². The second-order valence-corrected chi connectivity index (χ2v) is 6.98. The first kappa shape index (κ1) is 16.7. The maximum atomic E-state index is 13.6. The average Bonchev–Trinajstić information content (AvgIpc) is 3.00. The molecule has 0 atom stereocenters. The Bertz CT molecular complexity index is 899. The molecule has 0 radical (unpaired) electrons. The Labute approximate surface area is 148 Å². The minimum Gasteiger partial charge on any atom is -0.321 e. The number of hydrogen-bond acceptors (Lipinski definition) is 2. The summed E-state index contributed by atoms with van der Waals surface area (Å²) in [5.74, 6) is -0.485. The van der Waals surface area contributed by atoms with Crippen LogP contribution in [0.1, 0.15) is 20.8 Å². The van der Waals surface area contributed by atoms with Gasteiger partial charge in [0.1, 0.15) is 5.82 Å². The van der Waals surface area contributed by atoms with Gasteiger partial charge in [0.15, 0.2) is 0 Å². The largest absolute Gasteiger partial charge is 0.321 e. The van der Waals surface area contributed by atoms with Crippen molar-refractivity contribution in [3.63, 3.8) is 0 Å². The van der Waals surface area contributed by atoms with E-state index in [-0.39, 0.29) is 11.7 Å². The summed E-state index contributed by atoms with van der Waals surface area (Å²) in [6.45, 7) is 3.75. The van der Waals surface area contributed by atoms with Gasteiger partial charge in [-0.05, 0) is 71.8 Å². The van der Waals surface area contributed by atoms with E-state index in [1.165, 1.54) is 23.5 Å². The van der Waals surface area contributed by atoms with Crippen LogP contribution in [0.25, 0.3) is 11.1 Å². The first-order chi connectivity index (χ1) is 11.4. The predicted molar refractivity (Wildman–Crippen MR) is 98.6 cm³/mol. The van der Waals surface area contributed by atoms with Crippen molar-refractivity contribution >= 4 is 34.5 Å². The Morgan fingerprint density at radius 1 is 1.08 bits per heavy atom. The highest BCUT2D eigenvalue weighted by molar-refractivity contribution is 7.12. The van der Waals surface area contributed by atoms with Crippen LogP contribution in [0.2, 0.25) is 5.02 Å². The van der Waals surface area contributed by atoms with E-state index in [1.54, 1.807) is 18.2 Å². The lowest BCUT2D eigenvalue weighted by Gasteiger charge is -2.07. The van der Waals surface area contributed by atoms with Gasteiger partial charge in [0.25, 0.3) is 5.91 Å². The number of nitrogens with one attached hydrogen (secondary N) is 1. The molecule has 0 saturated carbocycles. The molecule has 2 nitrogen and oxygen atoms in total. The molecule has 0 aliphatic heterocycles. The van der Waals surface area contributed by atoms with E-state index in [2.05, 4.69) is 5.32 Å². The van der Waals surface area contributed by atoms with E-state index < -0.39 is 0 Å². The topological polar surface area (TPSA) is 29.1 Å². The molecule has 1 N–H and O–H groups in total. The van der Waals surface area contributed by atoms with Crippen molar-refractivity contribution in [1.82, 2.24) is 0 Å². The molecule has 1 aromatic heterocycles. The van der Waals surface area contributed by atoms with Gasteiger partial charge in [-0.3, -0.25) is 4.79 Å². The van der Waals surface area contributed by atoms with E-state index in [0.717, 1.165) is 22.3 Å². The van der Waals surface area contributed by atoms with Crippen LogP contribution in [0.5, 0.6) is 0 Å². The summed E-state index contributed by atoms with van der Waals surface area (Å²) in [7, 11) is 0. The number of aryl methyl sites for hydroxylation is 2. The lowest BCUT2D eigenvalue weighted by Crippen LogP contribution is -2.11. The fourth-order valence-corrected chi connectivity index (χ4v) is 3.41. The summed E-state index contributed by atoms with van der Waals surface area (Å²) in [5.41, 5.74) is 4.06. The Morgan fingerprint density at radius 3 is 2.62 bits per heavy atom. The molecule has 3 rings (SSSR count). The lowest BCUT2D eigenvalue weighted by atomic mass is 10.1. The third-order valence-electron chi connectivity index (χ3n) is 3.65. The molecule has 24 heavy (non-hydrogen) atoms. The van der Waals surface area contributed by atoms with E-state index in [4.69, 9.17) is 11.6 Å². The van der Waals surface area contributed by atoms with E-state index in [9.17, 15) is 9.18 Å². The number of benzene rings is 2. The van der Waals surface area contributed by atoms with Crippen molar-refractivity contribution in [2.45, 2.75) is 13.8 Å². The van der Waals surface area contributed by atoms with Gasteiger partial charge in [0.2, 0.25) is 0 Å². The van der Waals surface area contributed by atoms with Crippen LogP contribution in [-0.2, 0) is 0 Å². The third kappa shape index (κ3) is 3.66. The fourth-order valence-electron chi connectivity index (χ4n) is 2.42. The van der Waals surface area contributed by atoms with Gasteiger partial charge < -0.3 is 5.32 Å². The zero-order valence-electron chi connectivity index (χ0n) is 13.2. The number of carbonyl (C=O) groups is 1. The van der Waals surface area contributed by atoms with Crippen LogP contribution in [-0.4, -0.2) is 5.91 Å². The summed E-state index contributed by atoms with van der Waals surface area (Å²) in [4.78, 5) is 13.0. The molecule has 3 aromatic rings. The van der Waals surface area contributed by atoms with Crippen molar-refractivity contribution < 1.29 is 9.18 Å². The van der Waals surface area contributed by atoms with Crippen molar-refractivity contribution in [2.24, 2.45) is 0 Å². The van der Waals surface area contributed by atoms with Crippen LogP contribution in [0.4, 0.5) is 10.1 Å².